The molecule has 0 aliphatic rings. The van der Waals surface area contributed by atoms with Crippen molar-refractivity contribution in [2.24, 2.45) is 0 Å². The number of nitrogens with two attached hydrogens (primary N) is 1. The molecule has 0 amide bonds. The largest absolute Gasteiger partial charge is 0.393 e. The normalized spacial score (nSPS) is 10.5. The summed E-state index contributed by atoms with van der Waals surface area (Å²) in [6, 6.07) is 11.8. The van der Waals surface area contributed by atoms with Crippen LogP contribution in [0.3, 0.4) is 0 Å². The van der Waals surface area contributed by atoms with Gasteiger partial charge in [-0.25, -0.2) is 15.0 Å². The average Bonchev–Trinajstić information content (AvgIpc) is 2.61. The van der Waals surface area contributed by atoms with Gasteiger partial charge in [0.25, 0.3) is 0 Å². The highest BCUT2D eigenvalue weighted by Crippen LogP contribution is 2.33. The van der Waals surface area contributed by atoms with Gasteiger partial charge in [0.1, 0.15) is 12.0 Å². The predicted octanol–water partition coefficient (Wildman–Crippen LogP) is 4.32. The highest BCUT2D eigenvalue weighted by Gasteiger charge is 2.16. The van der Waals surface area contributed by atoms with E-state index < -0.39 is 0 Å². The SMILES string of the molecule is CCN(c1cccc(C)c1)c1ncnc(Nc2cccnc2Cl)c1N. The third kappa shape index (κ3) is 3.64. The third-order valence-corrected chi connectivity index (χ3v) is 4.06. The smallest absolute Gasteiger partial charge is 0.161 e. The number of hydrogen-bond acceptors (Lipinski definition) is 6. The molecule has 0 saturated heterocycles. The van der Waals surface area contributed by atoms with Gasteiger partial charge >= 0.3 is 0 Å². The molecule has 0 radical (unpaired) electrons. The van der Waals surface area contributed by atoms with Gasteiger partial charge < -0.3 is 16.0 Å². The van der Waals surface area contributed by atoms with Crippen molar-refractivity contribution in [3.05, 3.63) is 59.6 Å². The second-order valence-corrected chi connectivity index (χ2v) is 5.87. The van der Waals surface area contributed by atoms with Crippen molar-refractivity contribution in [3.8, 4) is 0 Å². The Kier molecular flexibility index (Phi) is 5.00. The molecule has 0 aliphatic carbocycles. The summed E-state index contributed by atoms with van der Waals surface area (Å²) in [4.78, 5) is 14.7. The van der Waals surface area contributed by atoms with E-state index in [4.69, 9.17) is 17.3 Å². The molecule has 6 nitrogen and oxygen atoms in total. The first-order valence-electron chi connectivity index (χ1n) is 7.92. The van der Waals surface area contributed by atoms with Gasteiger partial charge in [-0.15, -0.1) is 0 Å². The molecular formula is C18H19ClN6. The van der Waals surface area contributed by atoms with Crippen LogP contribution in [-0.2, 0) is 0 Å². The lowest BCUT2D eigenvalue weighted by Gasteiger charge is -2.24. The van der Waals surface area contributed by atoms with E-state index in [2.05, 4.69) is 46.2 Å². The van der Waals surface area contributed by atoms with Crippen LogP contribution in [0.2, 0.25) is 5.15 Å². The van der Waals surface area contributed by atoms with E-state index in [9.17, 15) is 0 Å². The number of nitrogen functional groups attached to an aromatic ring is 1. The Morgan fingerprint density at radius 1 is 1.16 bits per heavy atom. The molecule has 3 N–H and O–H groups in total. The minimum absolute atomic E-state index is 0.355. The van der Waals surface area contributed by atoms with E-state index in [1.54, 1.807) is 12.3 Å². The zero-order chi connectivity index (χ0) is 17.8. The molecule has 0 fully saturated rings. The fourth-order valence-electron chi connectivity index (χ4n) is 2.56. The molecule has 0 spiro atoms. The second-order valence-electron chi connectivity index (χ2n) is 5.51. The molecule has 0 atom stereocenters. The Labute approximate surface area is 151 Å². The minimum Gasteiger partial charge on any atom is -0.393 e. The van der Waals surface area contributed by atoms with E-state index in [1.807, 2.05) is 23.1 Å². The van der Waals surface area contributed by atoms with Gasteiger partial charge in [-0.1, -0.05) is 23.7 Å². The van der Waals surface area contributed by atoms with E-state index in [0.717, 1.165) is 12.2 Å². The first-order chi connectivity index (χ1) is 12.1. The van der Waals surface area contributed by atoms with Crippen LogP contribution >= 0.6 is 11.6 Å². The maximum atomic E-state index is 6.34. The molecule has 2 aromatic heterocycles. The maximum Gasteiger partial charge on any atom is 0.161 e. The minimum atomic E-state index is 0.355. The fraction of sp³-hybridized carbons (Fsp3) is 0.167. The molecule has 0 saturated carbocycles. The second kappa shape index (κ2) is 7.36. The standard InChI is InChI=1S/C18H19ClN6/c1-3-25(13-7-4-6-12(2)10-13)18-15(20)17(22-11-23-18)24-14-8-5-9-21-16(14)19/h4-11H,3,20H2,1-2H3,(H,22,23,24). The predicted molar refractivity (Wildman–Crippen MR) is 103 cm³/mol. The molecule has 0 bridgehead atoms. The molecule has 3 aromatic rings. The number of aromatic nitrogens is 3. The van der Waals surface area contributed by atoms with Crippen molar-refractivity contribution < 1.29 is 0 Å². The van der Waals surface area contributed by atoms with Gasteiger partial charge in [0.05, 0.1) is 5.69 Å². The lowest BCUT2D eigenvalue weighted by atomic mass is 10.2. The summed E-state index contributed by atoms with van der Waals surface area (Å²) in [5, 5.41) is 3.48. The van der Waals surface area contributed by atoms with Crippen molar-refractivity contribution in [2.45, 2.75) is 13.8 Å². The highest BCUT2D eigenvalue weighted by atomic mass is 35.5. The molecule has 7 heteroatoms. The number of benzene rings is 1. The quantitative estimate of drug-likeness (QED) is 0.664. The highest BCUT2D eigenvalue weighted by molar-refractivity contribution is 6.32. The Morgan fingerprint density at radius 2 is 2.00 bits per heavy atom. The number of anilines is 5. The van der Waals surface area contributed by atoms with E-state index >= 15 is 0 Å². The number of nitrogens with zero attached hydrogens (tertiary/aromatic N) is 4. The third-order valence-electron chi connectivity index (χ3n) is 3.76. The summed E-state index contributed by atoms with van der Waals surface area (Å²) in [5.41, 5.74) is 9.62. The molecule has 1 aromatic carbocycles. The van der Waals surface area contributed by atoms with Crippen LogP contribution in [-0.4, -0.2) is 21.5 Å². The van der Waals surface area contributed by atoms with Gasteiger partial charge in [0.15, 0.2) is 16.8 Å². The molecular weight excluding hydrogens is 336 g/mol. The van der Waals surface area contributed by atoms with Gasteiger partial charge in [-0.05, 0) is 43.7 Å². The summed E-state index contributed by atoms with van der Waals surface area (Å²) in [7, 11) is 0. The number of rotatable bonds is 5. The van der Waals surface area contributed by atoms with E-state index in [0.29, 0.717) is 28.2 Å². The molecule has 3 rings (SSSR count). The van der Waals surface area contributed by atoms with Crippen molar-refractivity contribution in [2.75, 3.05) is 22.5 Å². The zero-order valence-electron chi connectivity index (χ0n) is 14.1. The van der Waals surface area contributed by atoms with Crippen molar-refractivity contribution >= 4 is 40.3 Å². The number of nitrogens with one attached hydrogen (secondary N) is 1. The van der Waals surface area contributed by atoms with Gasteiger partial charge in [-0.3, -0.25) is 0 Å². The summed E-state index contributed by atoms with van der Waals surface area (Å²) in [6.45, 7) is 4.82. The first kappa shape index (κ1) is 17.0. The van der Waals surface area contributed by atoms with Crippen molar-refractivity contribution in [1.82, 2.24) is 15.0 Å². The van der Waals surface area contributed by atoms with Crippen LogP contribution < -0.4 is 16.0 Å². The molecule has 128 valence electrons. The Hall–Kier alpha value is -2.86. The number of halogens is 1. The number of pyridine rings is 1. The Bertz CT molecular complexity index is 883. The first-order valence-corrected chi connectivity index (χ1v) is 8.30. The summed E-state index contributed by atoms with van der Waals surface area (Å²) < 4.78 is 0. The van der Waals surface area contributed by atoms with Crippen LogP contribution in [0.5, 0.6) is 0 Å². The zero-order valence-corrected chi connectivity index (χ0v) is 14.8. The fourth-order valence-corrected chi connectivity index (χ4v) is 2.72. The topological polar surface area (TPSA) is 80.0 Å². The van der Waals surface area contributed by atoms with E-state index in [-0.39, 0.29) is 0 Å². The van der Waals surface area contributed by atoms with Crippen LogP contribution in [0.25, 0.3) is 0 Å². The molecule has 2 heterocycles. The average molecular weight is 355 g/mol. The molecule has 25 heavy (non-hydrogen) atoms. The van der Waals surface area contributed by atoms with Crippen molar-refractivity contribution in [1.29, 1.82) is 0 Å². The van der Waals surface area contributed by atoms with Gasteiger partial charge in [0.2, 0.25) is 0 Å². The van der Waals surface area contributed by atoms with Crippen LogP contribution in [0, 0.1) is 6.92 Å². The maximum absolute atomic E-state index is 6.34. The Balaban J connectivity index is 1.99. The lowest BCUT2D eigenvalue weighted by molar-refractivity contribution is 0.979. The van der Waals surface area contributed by atoms with Gasteiger partial charge in [-0.2, -0.15) is 0 Å². The Morgan fingerprint density at radius 3 is 2.72 bits per heavy atom. The van der Waals surface area contributed by atoms with Gasteiger partial charge in [0, 0.05) is 18.4 Å². The lowest BCUT2D eigenvalue weighted by Crippen LogP contribution is -2.20. The van der Waals surface area contributed by atoms with Crippen LogP contribution in [0.4, 0.5) is 28.7 Å². The molecule has 0 aliphatic heterocycles. The number of hydrogen-bond donors (Lipinski definition) is 2. The van der Waals surface area contributed by atoms with Crippen LogP contribution in [0.15, 0.2) is 48.9 Å². The van der Waals surface area contributed by atoms with Crippen LogP contribution in [0.1, 0.15) is 12.5 Å². The number of aryl methyl sites for hydroxylation is 1. The van der Waals surface area contributed by atoms with E-state index in [1.165, 1.54) is 11.9 Å². The summed E-state index contributed by atoms with van der Waals surface area (Å²) in [6.07, 6.45) is 3.11. The summed E-state index contributed by atoms with van der Waals surface area (Å²) in [5.74, 6) is 1.14. The monoisotopic (exact) mass is 354 g/mol. The molecule has 0 unspecified atom stereocenters. The van der Waals surface area contributed by atoms with Crippen molar-refractivity contribution in [3.63, 3.8) is 0 Å². The summed E-state index contributed by atoms with van der Waals surface area (Å²) >= 11 is 6.10.